The number of rotatable bonds is 2. The van der Waals surface area contributed by atoms with Gasteiger partial charge in [0.15, 0.2) is 0 Å². The van der Waals surface area contributed by atoms with Gasteiger partial charge in [0.1, 0.15) is 0 Å². The SMILES string of the molecule is CNBCN. The zero-order valence-electron chi connectivity index (χ0n) is 3.49. The quantitative estimate of drug-likeness (QED) is 0.388. The minimum Gasteiger partial charge on any atom is -0.360 e. The van der Waals surface area contributed by atoms with Crippen LogP contribution in [0.25, 0.3) is 0 Å². The Balaban J connectivity index is 2.19. The predicted molar refractivity (Wildman–Crippen MR) is 25.3 cm³/mol. The Morgan fingerprint density at radius 3 is 2.60 bits per heavy atom. The van der Waals surface area contributed by atoms with Crippen molar-refractivity contribution < 1.29 is 0 Å². The number of nitrogens with two attached hydrogens (primary N) is 1. The van der Waals surface area contributed by atoms with Crippen molar-refractivity contribution in [2.75, 3.05) is 13.5 Å². The first-order valence-electron chi connectivity index (χ1n) is 1.76. The van der Waals surface area contributed by atoms with Crippen LogP contribution in [0.4, 0.5) is 0 Å². The van der Waals surface area contributed by atoms with Gasteiger partial charge in [-0.3, -0.25) is 0 Å². The van der Waals surface area contributed by atoms with Crippen LogP contribution in [0.3, 0.4) is 0 Å². The molecule has 0 aromatic rings. The van der Waals surface area contributed by atoms with E-state index in [0.717, 1.165) is 13.9 Å². The molecule has 0 fully saturated rings. The highest BCUT2D eigenvalue weighted by atomic mass is 14.7. The van der Waals surface area contributed by atoms with Crippen LogP contribution >= 0.6 is 0 Å². The fraction of sp³-hybridized carbons (Fsp3) is 1.00. The molecule has 0 aliphatic rings. The van der Waals surface area contributed by atoms with Crippen LogP contribution < -0.4 is 11.0 Å². The molecule has 2 nitrogen and oxygen atoms in total. The third kappa shape index (κ3) is 3.98. The topological polar surface area (TPSA) is 38.0 Å². The van der Waals surface area contributed by atoms with Crippen molar-refractivity contribution in [1.29, 1.82) is 0 Å². The van der Waals surface area contributed by atoms with Crippen LogP contribution in [0.2, 0.25) is 0 Å². The zero-order valence-corrected chi connectivity index (χ0v) is 3.49. The predicted octanol–water partition coefficient (Wildman–Crippen LogP) is -1.53. The Kier molecular flexibility index (Phi) is 3.97. The average molecular weight is 71.9 g/mol. The first kappa shape index (κ1) is 4.98. The first-order chi connectivity index (χ1) is 2.41. The normalized spacial score (nSPS) is 7.60. The van der Waals surface area contributed by atoms with Crippen LogP contribution in [0.1, 0.15) is 0 Å². The lowest BCUT2D eigenvalue weighted by Crippen LogP contribution is -2.22. The zero-order chi connectivity index (χ0) is 4.12. The molecule has 0 heterocycles. The lowest BCUT2D eigenvalue weighted by molar-refractivity contribution is 1.19. The molecule has 0 radical (unpaired) electrons. The summed E-state index contributed by atoms with van der Waals surface area (Å²) < 4.78 is 0. The smallest absolute Gasteiger partial charge is 0.215 e. The third-order valence-electron chi connectivity index (χ3n) is 0.394. The highest BCUT2D eigenvalue weighted by Crippen LogP contribution is 1.30. The van der Waals surface area contributed by atoms with E-state index < -0.39 is 0 Å². The molecule has 5 heavy (non-hydrogen) atoms. The molecule has 0 aromatic heterocycles. The second kappa shape index (κ2) is 3.98. The van der Waals surface area contributed by atoms with Crippen LogP contribution in [0, 0.1) is 0 Å². The highest BCUT2D eigenvalue weighted by molar-refractivity contribution is 6.32. The monoisotopic (exact) mass is 72.1 g/mol. The van der Waals surface area contributed by atoms with Crippen LogP contribution in [-0.4, -0.2) is 20.9 Å². The van der Waals surface area contributed by atoms with Gasteiger partial charge in [-0.1, -0.05) is 0 Å². The van der Waals surface area contributed by atoms with E-state index in [-0.39, 0.29) is 0 Å². The molecule has 0 unspecified atom stereocenters. The van der Waals surface area contributed by atoms with E-state index in [0.29, 0.717) is 0 Å². The summed E-state index contributed by atoms with van der Waals surface area (Å²) >= 11 is 0. The maximum atomic E-state index is 5.08. The maximum Gasteiger partial charge on any atom is 0.215 e. The summed E-state index contributed by atoms with van der Waals surface area (Å²) in [7, 11) is 2.80. The van der Waals surface area contributed by atoms with Gasteiger partial charge in [-0.2, -0.15) is 0 Å². The van der Waals surface area contributed by atoms with E-state index in [1.165, 1.54) is 0 Å². The largest absolute Gasteiger partial charge is 0.360 e. The molecule has 0 amide bonds. The van der Waals surface area contributed by atoms with E-state index >= 15 is 0 Å². The van der Waals surface area contributed by atoms with E-state index in [2.05, 4.69) is 5.23 Å². The fourth-order valence-corrected chi connectivity index (χ4v) is 0.144. The molecule has 3 N–H and O–H groups in total. The molecular weight excluding hydrogens is 62.8 g/mol. The van der Waals surface area contributed by atoms with Gasteiger partial charge >= 0.3 is 0 Å². The standard InChI is InChI=1S/C2H9BN2/c1-5-3-2-4/h3,5H,2,4H2,1H3. The van der Waals surface area contributed by atoms with Crippen molar-refractivity contribution in [3.05, 3.63) is 0 Å². The van der Waals surface area contributed by atoms with E-state index in [1.54, 1.807) is 0 Å². The van der Waals surface area contributed by atoms with Crippen molar-refractivity contribution in [2.45, 2.75) is 0 Å². The number of hydrogen-bond donors (Lipinski definition) is 2. The van der Waals surface area contributed by atoms with Crippen molar-refractivity contribution in [3.63, 3.8) is 0 Å². The lowest BCUT2D eigenvalue weighted by Gasteiger charge is -1.81. The maximum absolute atomic E-state index is 5.08. The van der Waals surface area contributed by atoms with Gasteiger partial charge in [0.25, 0.3) is 0 Å². The average Bonchev–Trinajstić information content (AvgIpc) is 1.41. The molecule has 0 saturated carbocycles. The van der Waals surface area contributed by atoms with Gasteiger partial charge in [-0.25, -0.2) is 0 Å². The highest BCUT2D eigenvalue weighted by Gasteiger charge is 1.70. The molecule has 0 bridgehead atoms. The minimum absolute atomic E-state index is 0.733. The fourth-order valence-electron chi connectivity index (χ4n) is 0.144. The molecule has 0 aromatic carbocycles. The Bertz CT molecular complexity index is 15.1. The second-order valence-corrected chi connectivity index (χ2v) is 0.892. The van der Waals surface area contributed by atoms with Crippen molar-refractivity contribution in [2.24, 2.45) is 5.73 Å². The molecule has 0 aliphatic carbocycles. The van der Waals surface area contributed by atoms with E-state index in [4.69, 9.17) is 5.73 Å². The van der Waals surface area contributed by atoms with Gasteiger partial charge < -0.3 is 11.0 Å². The van der Waals surface area contributed by atoms with Gasteiger partial charge in [-0.05, 0) is 13.5 Å². The van der Waals surface area contributed by atoms with Crippen molar-refractivity contribution >= 4 is 7.41 Å². The van der Waals surface area contributed by atoms with Crippen LogP contribution in [0.15, 0.2) is 0 Å². The Labute approximate surface area is 33.0 Å². The van der Waals surface area contributed by atoms with Crippen LogP contribution in [0.5, 0.6) is 0 Å². The molecule has 30 valence electrons. The Morgan fingerprint density at radius 2 is 2.60 bits per heavy atom. The third-order valence-corrected chi connectivity index (χ3v) is 0.394. The van der Waals surface area contributed by atoms with Crippen LogP contribution in [-0.2, 0) is 0 Å². The van der Waals surface area contributed by atoms with Gasteiger partial charge in [-0.15, -0.1) is 0 Å². The Hall–Kier alpha value is -0.0151. The summed E-state index contributed by atoms with van der Waals surface area (Å²) in [6.45, 7) is 0. The number of nitrogens with one attached hydrogen (secondary N) is 1. The molecule has 0 spiro atoms. The van der Waals surface area contributed by atoms with E-state index in [9.17, 15) is 0 Å². The second-order valence-electron chi connectivity index (χ2n) is 0.892. The first-order valence-corrected chi connectivity index (χ1v) is 1.76. The molecular formula is C2H9BN2. The van der Waals surface area contributed by atoms with Gasteiger partial charge in [0.05, 0.1) is 0 Å². The minimum atomic E-state index is 0.733. The number of hydrogen-bond acceptors (Lipinski definition) is 2. The van der Waals surface area contributed by atoms with Gasteiger partial charge in [0, 0.05) is 0 Å². The lowest BCUT2D eigenvalue weighted by atomic mass is 9.97. The molecule has 3 heteroatoms. The van der Waals surface area contributed by atoms with Gasteiger partial charge in [0.2, 0.25) is 7.41 Å². The van der Waals surface area contributed by atoms with Crippen molar-refractivity contribution in [1.82, 2.24) is 5.23 Å². The summed E-state index contributed by atoms with van der Waals surface area (Å²) in [6, 6.07) is 0. The Morgan fingerprint density at radius 1 is 2.00 bits per heavy atom. The molecule has 0 atom stereocenters. The summed E-state index contributed by atoms with van der Waals surface area (Å²) in [5.74, 6) is 0. The summed E-state index contributed by atoms with van der Waals surface area (Å²) in [6.07, 6.45) is 0.733. The molecule has 0 saturated heterocycles. The summed E-state index contributed by atoms with van der Waals surface area (Å²) in [5, 5.41) is 2.89. The molecule has 0 aliphatic heterocycles. The summed E-state index contributed by atoms with van der Waals surface area (Å²) in [5.41, 5.74) is 5.08. The van der Waals surface area contributed by atoms with Crippen molar-refractivity contribution in [3.8, 4) is 0 Å². The molecule has 0 rings (SSSR count). The van der Waals surface area contributed by atoms with E-state index in [1.807, 2.05) is 7.05 Å². The summed E-state index contributed by atoms with van der Waals surface area (Å²) in [4.78, 5) is 0.